The number of ether oxygens (including phenoxy) is 2. The van der Waals surface area contributed by atoms with Gasteiger partial charge >= 0.3 is 17.9 Å². The van der Waals surface area contributed by atoms with Crippen LogP contribution in [0.25, 0.3) is 22.3 Å². The molecule has 0 bridgehead atoms. The molecular formula is C53H66BBrO8. The molecule has 0 amide bonds. The lowest BCUT2D eigenvalue weighted by atomic mass is 9.95. The van der Waals surface area contributed by atoms with E-state index in [1.807, 2.05) is 24.3 Å². The first-order chi connectivity index (χ1) is 29.5. The van der Waals surface area contributed by atoms with Crippen molar-refractivity contribution in [3.8, 4) is 22.3 Å². The molecule has 5 N–H and O–H groups in total. The van der Waals surface area contributed by atoms with Crippen LogP contribution in [-0.4, -0.2) is 56.0 Å². The van der Waals surface area contributed by atoms with Gasteiger partial charge in [-0.15, -0.1) is 0 Å². The number of aromatic carboxylic acids is 1. The Morgan fingerprint density at radius 3 is 1.03 bits per heavy atom. The second kappa shape index (κ2) is 31.1. The molecule has 0 aromatic heterocycles. The van der Waals surface area contributed by atoms with Crippen molar-refractivity contribution >= 4 is 47.1 Å². The highest BCUT2D eigenvalue weighted by molar-refractivity contribution is 9.10. The first-order valence-corrected chi connectivity index (χ1v) is 21.7. The molecule has 8 nitrogen and oxygen atoms in total. The van der Waals surface area contributed by atoms with Crippen LogP contribution in [0.3, 0.4) is 0 Å². The lowest BCUT2D eigenvalue weighted by molar-refractivity contribution is 0.0592. The van der Waals surface area contributed by atoms with Crippen LogP contribution >= 0.6 is 15.9 Å². The highest BCUT2D eigenvalue weighted by atomic mass is 79.9. The van der Waals surface area contributed by atoms with Crippen LogP contribution in [0, 0.1) is 0 Å². The van der Waals surface area contributed by atoms with Crippen LogP contribution in [0.5, 0.6) is 0 Å². The number of aryl methyl sites for hydroxylation is 3. The number of carboxylic acids is 1. The SMILES string of the molecule is CCCCc1ccc(-c2ccc(C(=O)O)cc2)cc1.CCCCc1ccc(-c2ccc(C(=O)OC)cc2)cc1.CCCCc1ccc(Br)cc1.O.O.[B]c1ccc(C(=O)OC)cc1.[HH].[HH]. The number of carbonyl (C=O) groups is 3. The number of methoxy groups -OCH3 is 2. The molecule has 0 aliphatic rings. The van der Waals surface area contributed by atoms with Gasteiger partial charge in [0.25, 0.3) is 0 Å². The van der Waals surface area contributed by atoms with E-state index in [0.717, 1.165) is 34.0 Å². The standard InChI is InChI=1S/C18H20O2.C17H18O2.C10H13Br.C8H7BO2.2H2O.2H2/c1-3-4-5-14-6-8-15(9-7-14)16-10-12-17(13-11-16)18(19)20-2;1-2-3-4-13-5-7-14(8-6-13)15-9-11-16(12-10-15)17(18)19;1-2-3-4-9-5-7-10(11)8-6-9;1-11-8(10)6-2-4-7(9)5-3-6;;;;/h6-13H,3-5H2,1-2H3;5-12H,2-4H2,1H3,(H,18,19);5-8H,2-4H2,1H3;2-5H,1H3;2*1H2;2*1H. The summed E-state index contributed by atoms with van der Waals surface area (Å²) < 4.78 is 10.4. The van der Waals surface area contributed by atoms with Gasteiger partial charge in [0.15, 0.2) is 0 Å². The Hall–Kier alpha value is -5.81. The van der Waals surface area contributed by atoms with Crippen molar-refractivity contribution in [1.82, 2.24) is 0 Å². The summed E-state index contributed by atoms with van der Waals surface area (Å²) in [4.78, 5) is 33.0. The molecule has 6 rings (SSSR count). The van der Waals surface area contributed by atoms with E-state index in [9.17, 15) is 14.4 Å². The largest absolute Gasteiger partial charge is 0.478 e. The molecule has 6 aromatic rings. The van der Waals surface area contributed by atoms with E-state index in [-0.39, 0.29) is 25.7 Å². The van der Waals surface area contributed by atoms with Gasteiger partial charge in [0, 0.05) is 7.33 Å². The Labute approximate surface area is 386 Å². The van der Waals surface area contributed by atoms with Crippen LogP contribution < -0.4 is 5.46 Å². The van der Waals surface area contributed by atoms with Gasteiger partial charge in [-0.3, -0.25) is 0 Å². The van der Waals surface area contributed by atoms with Crippen molar-refractivity contribution in [3.63, 3.8) is 0 Å². The van der Waals surface area contributed by atoms with Crippen LogP contribution in [0.2, 0.25) is 0 Å². The highest BCUT2D eigenvalue weighted by Gasteiger charge is 2.06. The summed E-state index contributed by atoms with van der Waals surface area (Å²) >= 11 is 3.41. The topological polar surface area (TPSA) is 153 Å². The van der Waals surface area contributed by atoms with Crippen LogP contribution in [-0.2, 0) is 28.7 Å². The van der Waals surface area contributed by atoms with E-state index < -0.39 is 5.97 Å². The summed E-state index contributed by atoms with van der Waals surface area (Å²) in [5, 5.41) is 8.87. The zero-order valence-electron chi connectivity index (χ0n) is 37.2. The Morgan fingerprint density at radius 1 is 0.476 bits per heavy atom. The number of rotatable bonds is 14. The van der Waals surface area contributed by atoms with Gasteiger partial charge in [-0.1, -0.05) is 158 Å². The second-order valence-electron chi connectivity index (χ2n) is 14.4. The lowest BCUT2D eigenvalue weighted by Crippen LogP contribution is -2.05. The zero-order chi connectivity index (χ0) is 44.4. The molecule has 10 heteroatoms. The predicted molar refractivity (Wildman–Crippen MR) is 267 cm³/mol. The minimum Gasteiger partial charge on any atom is -0.478 e. The molecule has 0 spiro atoms. The monoisotopic (exact) mass is 920 g/mol. The van der Waals surface area contributed by atoms with E-state index in [4.69, 9.17) is 17.7 Å². The van der Waals surface area contributed by atoms with Crippen LogP contribution in [0.15, 0.2) is 150 Å². The van der Waals surface area contributed by atoms with Crippen molar-refractivity contribution in [3.05, 3.63) is 183 Å². The van der Waals surface area contributed by atoms with Gasteiger partial charge < -0.3 is 25.5 Å². The van der Waals surface area contributed by atoms with Crippen molar-refractivity contribution in [2.45, 2.75) is 78.6 Å². The van der Waals surface area contributed by atoms with Gasteiger partial charge in [0.2, 0.25) is 0 Å². The number of hydrogen-bond donors (Lipinski definition) is 1. The fourth-order valence-electron chi connectivity index (χ4n) is 5.98. The van der Waals surface area contributed by atoms with Gasteiger partial charge in [-0.05, 0) is 126 Å². The normalized spacial score (nSPS) is 9.75. The predicted octanol–water partition coefficient (Wildman–Crippen LogP) is 11.8. The zero-order valence-corrected chi connectivity index (χ0v) is 38.8. The molecule has 336 valence electrons. The van der Waals surface area contributed by atoms with Crippen LogP contribution in [0.1, 0.15) is 110 Å². The number of hydrogen-bond acceptors (Lipinski definition) is 5. The van der Waals surface area contributed by atoms with Crippen LogP contribution in [0.4, 0.5) is 0 Å². The van der Waals surface area contributed by atoms with Crippen molar-refractivity contribution in [2.75, 3.05) is 14.2 Å². The fraction of sp³-hybridized carbons (Fsp3) is 0.264. The van der Waals surface area contributed by atoms with Gasteiger partial charge in [0.1, 0.15) is 7.85 Å². The molecule has 0 heterocycles. The number of unbranched alkanes of at least 4 members (excludes halogenated alkanes) is 3. The summed E-state index contributed by atoms with van der Waals surface area (Å²) in [5.74, 6) is -1.53. The first-order valence-electron chi connectivity index (χ1n) is 20.9. The number of esters is 2. The average Bonchev–Trinajstić information content (AvgIpc) is 3.31. The summed E-state index contributed by atoms with van der Waals surface area (Å²) in [7, 11) is 8.16. The number of carboxylic acid groups (broad SMARTS) is 1. The average molecular weight is 922 g/mol. The number of benzene rings is 6. The molecule has 0 fully saturated rings. The first kappa shape index (κ1) is 55.2. The maximum absolute atomic E-state index is 11.4. The molecule has 0 saturated carbocycles. The Bertz CT molecular complexity index is 2180. The summed E-state index contributed by atoms with van der Waals surface area (Å²) in [6.07, 6.45) is 10.9. The molecule has 2 radical (unpaired) electrons. The van der Waals surface area contributed by atoms with E-state index >= 15 is 0 Å². The third-order valence-corrected chi connectivity index (χ3v) is 10.2. The van der Waals surface area contributed by atoms with Gasteiger partial charge in [-0.25, -0.2) is 14.4 Å². The fourth-order valence-corrected chi connectivity index (χ4v) is 6.24. The van der Waals surface area contributed by atoms with Crippen molar-refractivity contribution < 1.29 is 42.8 Å². The lowest BCUT2D eigenvalue weighted by Gasteiger charge is -2.05. The summed E-state index contributed by atoms with van der Waals surface area (Å²) in [5.41, 5.74) is 10.7. The number of carbonyl (C=O) groups excluding carboxylic acids is 2. The summed E-state index contributed by atoms with van der Waals surface area (Å²) in [6, 6.07) is 46.7. The molecule has 0 unspecified atom stereocenters. The molecule has 0 aliphatic carbocycles. The third kappa shape index (κ3) is 20.3. The second-order valence-corrected chi connectivity index (χ2v) is 15.3. The minimum atomic E-state index is -0.888. The Morgan fingerprint density at radius 2 is 0.746 bits per heavy atom. The van der Waals surface area contributed by atoms with Crippen molar-refractivity contribution in [2.24, 2.45) is 0 Å². The van der Waals surface area contributed by atoms with E-state index in [1.54, 1.807) is 48.5 Å². The van der Waals surface area contributed by atoms with Crippen molar-refractivity contribution in [1.29, 1.82) is 0 Å². The maximum Gasteiger partial charge on any atom is 0.337 e. The van der Waals surface area contributed by atoms with E-state index in [0.29, 0.717) is 22.2 Å². The number of halogens is 1. The highest BCUT2D eigenvalue weighted by Crippen LogP contribution is 2.23. The van der Waals surface area contributed by atoms with E-state index in [1.165, 1.54) is 81.4 Å². The minimum absolute atomic E-state index is 0. The maximum atomic E-state index is 11.4. The molecule has 0 saturated heterocycles. The quantitative estimate of drug-likeness (QED) is 0.0848. The molecular weight excluding hydrogens is 855 g/mol. The molecule has 0 atom stereocenters. The third-order valence-electron chi connectivity index (χ3n) is 9.71. The Kier molecular flexibility index (Phi) is 27.3. The molecule has 6 aromatic carbocycles. The molecule has 0 aliphatic heterocycles. The van der Waals surface area contributed by atoms with Gasteiger partial charge in [0.05, 0.1) is 30.9 Å². The Balaban J connectivity index is 0. The smallest absolute Gasteiger partial charge is 0.337 e. The summed E-state index contributed by atoms with van der Waals surface area (Å²) in [6.45, 7) is 6.62. The molecule has 63 heavy (non-hydrogen) atoms. The van der Waals surface area contributed by atoms with E-state index in [2.05, 4.69) is 114 Å². The van der Waals surface area contributed by atoms with Gasteiger partial charge in [-0.2, -0.15) is 0 Å².